The number of hydrogen-bond donors (Lipinski definition) is 1. The fourth-order valence-electron chi connectivity index (χ4n) is 5.83. The highest BCUT2D eigenvalue weighted by Gasteiger charge is 2.36. The number of para-hydroxylation sites is 1. The van der Waals surface area contributed by atoms with Crippen molar-refractivity contribution in [1.29, 1.82) is 0 Å². The third kappa shape index (κ3) is 7.25. The molecular weight excluding hydrogens is 508 g/mol. The summed E-state index contributed by atoms with van der Waals surface area (Å²) in [5.74, 6) is 1.09. The molecule has 9 heteroatoms. The highest BCUT2D eigenvalue weighted by molar-refractivity contribution is 5.94. The number of nitrogens with zero attached hydrogens (tertiary/aromatic N) is 3. The summed E-state index contributed by atoms with van der Waals surface area (Å²) in [5.41, 5.74) is 2.59. The van der Waals surface area contributed by atoms with Gasteiger partial charge in [-0.3, -0.25) is 9.59 Å². The number of unbranched alkanes of at least 4 members (excludes halogenated alkanes) is 1. The van der Waals surface area contributed by atoms with Crippen LogP contribution in [0.15, 0.2) is 36.4 Å². The van der Waals surface area contributed by atoms with E-state index in [-0.39, 0.29) is 29.7 Å². The van der Waals surface area contributed by atoms with E-state index in [2.05, 4.69) is 23.7 Å². The summed E-state index contributed by atoms with van der Waals surface area (Å²) in [6.45, 7) is 10.0. The summed E-state index contributed by atoms with van der Waals surface area (Å²) < 4.78 is 18.5. The topological polar surface area (TPSA) is 85.3 Å². The number of morpholine rings is 1. The van der Waals surface area contributed by atoms with Crippen LogP contribution in [0.2, 0.25) is 0 Å². The second-order valence-corrected chi connectivity index (χ2v) is 11.2. The minimum atomic E-state index is -0.149. The molecule has 2 amide bonds. The lowest BCUT2D eigenvalue weighted by Gasteiger charge is -2.40. The molecule has 0 saturated carbocycles. The largest absolute Gasteiger partial charge is 0.496 e. The molecule has 220 valence electrons. The third-order valence-corrected chi connectivity index (χ3v) is 7.83. The predicted octanol–water partition coefficient (Wildman–Crippen LogP) is 3.53. The fraction of sp³-hybridized carbons (Fsp3) is 0.613. The van der Waals surface area contributed by atoms with Gasteiger partial charge in [0.1, 0.15) is 11.4 Å². The molecule has 0 unspecified atom stereocenters. The maximum absolute atomic E-state index is 14.4. The maximum atomic E-state index is 14.4. The molecule has 4 rings (SSSR count). The molecule has 9 nitrogen and oxygen atoms in total. The molecule has 1 aromatic carbocycles. The van der Waals surface area contributed by atoms with Crippen molar-refractivity contribution < 1.29 is 23.8 Å². The molecule has 0 bridgehead atoms. The average molecular weight is 555 g/mol. The van der Waals surface area contributed by atoms with Crippen LogP contribution in [0.25, 0.3) is 11.3 Å². The molecule has 2 atom stereocenters. The van der Waals surface area contributed by atoms with Crippen LogP contribution in [0.3, 0.4) is 0 Å². The average Bonchev–Trinajstić information content (AvgIpc) is 3.41. The Morgan fingerprint density at radius 1 is 1.07 bits per heavy atom. The molecule has 2 aliphatic rings. The minimum Gasteiger partial charge on any atom is -0.496 e. The number of benzene rings is 1. The Balaban J connectivity index is 1.62. The monoisotopic (exact) mass is 554 g/mol. The molecule has 2 saturated heterocycles. The van der Waals surface area contributed by atoms with Crippen LogP contribution in [0, 0.1) is 11.8 Å². The maximum Gasteiger partial charge on any atom is 0.270 e. The lowest BCUT2D eigenvalue weighted by atomic mass is 9.92. The SMILES string of the molecule is COCCCCn1c(C(=O)N(CC(C)C)[C@@H]2CNC[C@H](C(=O)N3CCOCC3)C2)ccc1-c1ccccc1OC. The van der Waals surface area contributed by atoms with Crippen molar-refractivity contribution in [2.24, 2.45) is 11.8 Å². The van der Waals surface area contributed by atoms with Crippen molar-refractivity contribution in [1.82, 2.24) is 19.7 Å². The number of ether oxygens (including phenoxy) is 3. The van der Waals surface area contributed by atoms with E-state index >= 15 is 0 Å². The van der Waals surface area contributed by atoms with Crippen molar-refractivity contribution >= 4 is 11.8 Å². The molecule has 2 aromatic rings. The van der Waals surface area contributed by atoms with Gasteiger partial charge in [0, 0.05) is 64.6 Å². The molecule has 2 aliphatic heterocycles. The first-order valence-corrected chi connectivity index (χ1v) is 14.6. The number of rotatable bonds is 12. The van der Waals surface area contributed by atoms with Crippen LogP contribution in [0.5, 0.6) is 5.75 Å². The van der Waals surface area contributed by atoms with Crippen LogP contribution < -0.4 is 10.1 Å². The predicted molar refractivity (Wildman–Crippen MR) is 156 cm³/mol. The van der Waals surface area contributed by atoms with Gasteiger partial charge in [-0.1, -0.05) is 26.0 Å². The van der Waals surface area contributed by atoms with Gasteiger partial charge in [-0.2, -0.15) is 0 Å². The van der Waals surface area contributed by atoms with E-state index in [0.717, 1.165) is 29.8 Å². The molecule has 0 radical (unpaired) electrons. The van der Waals surface area contributed by atoms with Gasteiger partial charge in [0.25, 0.3) is 5.91 Å². The molecule has 40 heavy (non-hydrogen) atoms. The highest BCUT2D eigenvalue weighted by atomic mass is 16.5. The number of carbonyl (C=O) groups is 2. The van der Waals surface area contributed by atoms with Gasteiger partial charge in [0.2, 0.25) is 5.91 Å². The van der Waals surface area contributed by atoms with Crippen LogP contribution in [0.4, 0.5) is 0 Å². The third-order valence-electron chi connectivity index (χ3n) is 7.83. The summed E-state index contributed by atoms with van der Waals surface area (Å²) in [6.07, 6.45) is 2.45. The first-order chi connectivity index (χ1) is 19.4. The minimum absolute atomic E-state index is 0.00728. The Hall–Kier alpha value is -2.88. The number of hydrogen-bond acceptors (Lipinski definition) is 6. The van der Waals surface area contributed by atoms with E-state index in [4.69, 9.17) is 14.2 Å². The van der Waals surface area contributed by atoms with Crippen molar-refractivity contribution in [3.63, 3.8) is 0 Å². The molecule has 0 spiro atoms. The summed E-state index contributed by atoms with van der Waals surface area (Å²) in [5, 5.41) is 3.46. The van der Waals surface area contributed by atoms with Crippen molar-refractivity contribution in [2.45, 2.75) is 45.7 Å². The van der Waals surface area contributed by atoms with E-state index in [9.17, 15) is 9.59 Å². The van der Waals surface area contributed by atoms with E-state index in [1.807, 2.05) is 46.2 Å². The molecule has 2 fully saturated rings. The van der Waals surface area contributed by atoms with E-state index in [0.29, 0.717) is 71.2 Å². The smallest absolute Gasteiger partial charge is 0.270 e. The van der Waals surface area contributed by atoms with Crippen molar-refractivity contribution in [3.05, 3.63) is 42.1 Å². The quantitative estimate of drug-likeness (QED) is 0.404. The van der Waals surface area contributed by atoms with Crippen molar-refractivity contribution in [3.8, 4) is 17.0 Å². The summed E-state index contributed by atoms with van der Waals surface area (Å²) in [6, 6.07) is 11.8. The Bertz CT molecular complexity index is 1110. The normalized spacial score (nSPS) is 19.6. The molecule has 3 heterocycles. The van der Waals surface area contributed by atoms with Gasteiger partial charge in [0.15, 0.2) is 0 Å². The molecule has 0 aliphatic carbocycles. The van der Waals surface area contributed by atoms with E-state index in [1.54, 1.807) is 14.2 Å². The Kier molecular flexibility index (Phi) is 11.0. The Morgan fingerprint density at radius 2 is 1.85 bits per heavy atom. The van der Waals surface area contributed by atoms with Crippen LogP contribution in [-0.2, 0) is 20.8 Å². The van der Waals surface area contributed by atoms with Gasteiger partial charge < -0.3 is 33.9 Å². The number of nitrogens with one attached hydrogen (secondary N) is 1. The Morgan fingerprint density at radius 3 is 2.58 bits per heavy atom. The number of piperidine rings is 1. The van der Waals surface area contributed by atoms with Gasteiger partial charge >= 0.3 is 0 Å². The van der Waals surface area contributed by atoms with Crippen LogP contribution >= 0.6 is 0 Å². The lowest BCUT2D eigenvalue weighted by molar-refractivity contribution is -0.140. The summed E-state index contributed by atoms with van der Waals surface area (Å²) in [4.78, 5) is 31.6. The second-order valence-electron chi connectivity index (χ2n) is 11.2. The highest BCUT2D eigenvalue weighted by Crippen LogP contribution is 2.32. The zero-order valence-electron chi connectivity index (χ0n) is 24.6. The number of amides is 2. The van der Waals surface area contributed by atoms with Crippen LogP contribution in [-0.4, -0.2) is 99.0 Å². The van der Waals surface area contributed by atoms with E-state index < -0.39 is 0 Å². The zero-order valence-corrected chi connectivity index (χ0v) is 24.6. The first kappa shape index (κ1) is 30.1. The summed E-state index contributed by atoms with van der Waals surface area (Å²) in [7, 11) is 3.38. The molecule has 1 aromatic heterocycles. The van der Waals surface area contributed by atoms with Gasteiger partial charge in [-0.15, -0.1) is 0 Å². The fourth-order valence-corrected chi connectivity index (χ4v) is 5.83. The van der Waals surface area contributed by atoms with Gasteiger partial charge in [0.05, 0.1) is 31.9 Å². The van der Waals surface area contributed by atoms with Crippen molar-refractivity contribution in [2.75, 3.05) is 66.8 Å². The van der Waals surface area contributed by atoms with E-state index in [1.165, 1.54) is 0 Å². The van der Waals surface area contributed by atoms with Crippen LogP contribution in [0.1, 0.15) is 43.6 Å². The van der Waals surface area contributed by atoms with Gasteiger partial charge in [-0.25, -0.2) is 0 Å². The standard InChI is InChI=1S/C31H46N4O5/c1-23(2)22-35(25-19-24(20-32-21-25)30(36)33-14-17-40-18-15-33)31(37)28-12-11-27(34(28)13-7-8-16-38-3)26-9-5-6-10-29(26)39-4/h5-6,9-12,23-25,32H,7-8,13-22H2,1-4H3/t24-,25+/m1/s1. The lowest BCUT2D eigenvalue weighted by Crippen LogP contribution is -2.56. The second kappa shape index (κ2) is 14.7. The van der Waals surface area contributed by atoms with Gasteiger partial charge in [-0.05, 0) is 49.4 Å². The number of aromatic nitrogens is 1. The summed E-state index contributed by atoms with van der Waals surface area (Å²) >= 11 is 0. The Labute approximate surface area is 238 Å². The molecule has 1 N–H and O–H groups in total. The molecular formula is C31H46N4O5. The number of carbonyl (C=O) groups excluding carboxylic acids is 2. The number of methoxy groups -OCH3 is 2. The first-order valence-electron chi connectivity index (χ1n) is 14.6. The zero-order chi connectivity index (χ0) is 28.5.